The van der Waals surface area contributed by atoms with Crippen LogP contribution in [-0.2, 0) is 11.3 Å². The maximum atomic E-state index is 5.94. The lowest BCUT2D eigenvalue weighted by molar-refractivity contribution is -0.0322. The Bertz CT molecular complexity index is 381. The lowest BCUT2D eigenvalue weighted by Crippen LogP contribution is -2.35. The van der Waals surface area contributed by atoms with E-state index in [1.165, 1.54) is 0 Å². The molecule has 0 bridgehead atoms. The molecular formula is C13H27N5O. The van der Waals surface area contributed by atoms with Crippen LogP contribution in [0.2, 0.25) is 0 Å². The molecule has 6 nitrogen and oxygen atoms in total. The summed E-state index contributed by atoms with van der Waals surface area (Å²) in [4.78, 5) is 0. The van der Waals surface area contributed by atoms with Gasteiger partial charge in [0.2, 0.25) is 0 Å². The van der Waals surface area contributed by atoms with E-state index in [1.807, 2.05) is 31.8 Å². The maximum Gasteiger partial charge on any atom is 0.168 e. The van der Waals surface area contributed by atoms with Gasteiger partial charge in [-0.2, -0.15) is 0 Å². The minimum absolute atomic E-state index is 0.177. The zero-order valence-corrected chi connectivity index (χ0v) is 12.7. The van der Waals surface area contributed by atoms with Gasteiger partial charge in [0.15, 0.2) is 5.82 Å². The third kappa shape index (κ3) is 6.54. The molecule has 0 aliphatic carbocycles. The fraction of sp³-hybridized carbons (Fsp3) is 0.846. The molecule has 0 fully saturated rings. The number of nitrogens with two attached hydrogens (primary N) is 1. The summed E-state index contributed by atoms with van der Waals surface area (Å²) in [7, 11) is 1.83. The van der Waals surface area contributed by atoms with Gasteiger partial charge in [-0.3, -0.25) is 4.68 Å². The van der Waals surface area contributed by atoms with Crippen molar-refractivity contribution in [3.63, 3.8) is 0 Å². The summed E-state index contributed by atoms with van der Waals surface area (Å²) >= 11 is 0. The first-order valence-corrected chi connectivity index (χ1v) is 6.73. The van der Waals surface area contributed by atoms with Crippen LogP contribution in [0.1, 0.15) is 40.5 Å². The highest BCUT2D eigenvalue weighted by Crippen LogP contribution is 2.17. The second-order valence-corrected chi connectivity index (χ2v) is 6.21. The summed E-state index contributed by atoms with van der Waals surface area (Å²) in [6, 6.07) is 0. The molecule has 0 aliphatic heterocycles. The van der Waals surface area contributed by atoms with Crippen molar-refractivity contribution in [2.75, 3.05) is 19.0 Å². The third-order valence-corrected chi connectivity index (χ3v) is 2.98. The molecule has 1 heterocycles. The zero-order valence-electron chi connectivity index (χ0n) is 12.7. The van der Waals surface area contributed by atoms with Gasteiger partial charge in [0.05, 0.1) is 11.8 Å². The predicted molar refractivity (Wildman–Crippen MR) is 77.1 cm³/mol. The number of nitrogens with one attached hydrogen (secondary N) is 1. The van der Waals surface area contributed by atoms with Gasteiger partial charge >= 0.3 is 0 Å². The SMILES string of the molecule is CNc1cn(CCC(C)(C)OCCC(C)(C)N)nn1. The van der Waals surface area contributed by atoms with Crippen molar-refractivity contribution in [2.45, 2.75) is 58.2 Å². The highest BCUT2D eigenvalue weighted by atomic mass is 16.5. The predicted octanol–water partition coefficient (Wildman–Crippen LogP) is 1.63. The fourth-order valence-corrected chi connectivity index (χ4v) is 1.57. The van der Waals surface area contributed by atoms with Crippen LogP contribution >= 0.6 is 0 Å². The molecular weight excluding hydrogens is 242 g/mol. The van der Waals surface area contributed by atoms with Crippen molar-refractivity contribution < 1.29 is 4.74 Å². The first kappa shape index (κ1) is 15.9. The molecule has 1 aromatic heterocycles. The molecule has 0 spiro atoms. The monoisotopic (exact) mass is 269 g/mol. The van der Waals surface area contributed by atoms with Gasteiger partial charge in [0.1, 0.15) is 0 Å². The first-order valence-electron chi connectivity index (χ1n) is 6.73. The highest BCUT2D eigenvalue weighted by Gasteiger charge is 2.20. The molecule has 6 heteroatoms. The fourth-order valence-electron chi connectivity index (χ4n) is 1.57. The second-order valence-electron chi connectivity index (χ2n) is 6.21. The van der Waals surface area contributed by atoms with E-state index in [9.17, 15) is 0 Å². The summed E-state index contributed by atoms with van der Waals surface area (Å²) in [6.07, 6.45) is 3.62. The molecule has 1 rings (SSSR count). The van der Waals surface area contributed by atoms with Crippen LogP contribution in [0.25, 0.3) is 0 Å². The van der Waals surface area contributed by atoms with Gasteiger partial charge in [-0.1, -0.05) is 5.21 Å². The molecule has 0 amide bonds. The molecule has 0 saturated carbocycles. The largest absolute Gasteiger partial charge is 0.375 e. The number of aromatic nitrogens is 3. The summed E-state index contributed by atoms with van der Waals surface area (Å²) < 4.78 is 7.73. The van der Waals surface area contributed by atoms with Crippen molar-refractivity contribution in [1.82, 2.24) is 15.0 Å². The normalized spacial score (nSPS) is 12.7. The molecule has 110 valence electrons. The van der Waals surface area contributed by atoms with Crippen LogP contribution in [0.4, 0.5) is 5.82 Å². The smallest absolute Gasteiger partial charge is 0.168 e. The maximum absolute atomic E-state index is 5.94. The Morgan fingerprint density at radius 2 is 2.00 bits per heavy atom. The van der Waals surface area contributed by atoms with Crippen molar-refractivity contribution in [3.05, 3.63) is 6.20 Å². The summed E-state index contributed by atoms with van der Waals surface area (Å²) in [5, 5.41) is 11.0. The minimum atomic E-state index is -0.184. The van der Waals surface area contributed by atoms with Crippen LogP contribution in [0.15, 0.2) is 6.20 Å². The Balaban J connectivity index is 2.33. The Kier molecular flexibility index (Phi) is 5.31. The summed E-state index contributed by atoms with van der Waals surface area (Å²) in [5.74, 6) is 0.781. The van der Waals surface area contributed by atoms with E-state index in [4.69, 9.17) is 10.5 Å². The van der Waals surface area contributed by atoms with Gasteiger partial charge in [0.25, 0.3) is 0 Å². The van der Waals surface area contributed by atoms with Gasteiger partial charge in [-0.15, -0.1) is 5.10 Å². The molecule has 0 saturated heterocycles. The Labute approximate surface area is 115 Å². The molecule has 0 radical (unpaired) electrons. The number of aryl methyl sites for hydroxylation is 1. The molecule has 1 aromatic rings. The van der Waals surface area contributed by atoms with Crippen LogP contribution < -0.4 is 11.1 Å². The van der Waals surface area contributed by atoms with Crippen molar-refractivity contribution in [1.29, 1.82) is 0 Å². The standard InChI is InChI=1S/C13H27N5O/c1-12(2,14)7-9-19-13(3,4)6-8-18-10-11(15-5)16-17-18/h10,15H,6-9,14H2,1-5H3. The third-order valence-electron chi connectivity index (χ3n) is 2.98. The molecule has 0 atom stereocenters. The lowest BCUT2D eigenvalue weighted by atomic mass is 10.0. The topological polar surface area (TPSA) is 78.0 Å². The molecule has 0 aromatic carbocycles. The lowest BCUT2D eigenvalue weighted by Gasteiger charge is -2.27. The second kappa shape index (κ2) is 6.34. The van der Waals surface area contributed by atoms with Gasteiger partial charge in [-0.05, 0) is 40.5 Å². The average molecular weight is 269 g/mol. The number of anilines is 1. The number of rotatable bonds is 8. The van der Waals surface area contributed by atoms with Gasteiger partial charge < -0.3 is 15.8 Å². The number of hydrogen-bond donors (Lipinski definition) is 2. The van der Waals surface area contributed by atoms with E-state index >= 15 is 0 Å². The van der Waals surface area contributed by atoms with Crippen LogP contribution in [0, 0.1) is 0 Å². The van der Waals surface area contributed by atoms with E-state index in [-0.39, 0.29) is 11.1 Å². The quantitative estimate of drug-likeness (QED) is 0.750. The van der Waals surface area contributed by atoms with E-state index in [0.717, 1.165) is 25.2 Å². The van der Waals surface area contributed by atoms with Gasteiger partial charge in [-0.25, -0.2) is 0 Å². The molecule has 0 aliphatic rings. The highest BCUT2D eigenvalue weighted by molar-refractivity contribution is 5.27. The Hall–Kier alpha value is -1.14. The zero-order chi connectivity index (χ0) is 14.5. The van der Waals surface area contributed by atoms with Gasteiger partial charge in [0, 0.05) is 25.7 Å². The number of hydrogen-bond acceptors (Lipinski definition) is 5. The van der Waals surface area contributed by atoms with Crippen LogP contribution in [-0.4, -0.2) is 39.8 Å². The summed E-state index contributed by atoms with van der Waals surface area (Å²) in [5.41, 5.74) is 5.58. The van der Waals surface area contributed by atoms with Crippen molar-refractivity contribution in [2.24, 2.45) is 5.73 Å². The Morgan fingerprint density at radius 3 is 2.53 bits per heavy atom. The van der Waals surface area contributed by atoms with Crippen LogP contribution in [0.5, 0.6) is 0 Å². The van der Waals surface area contributed by atoms with Crippen molar-refractivity contribution >= 4 is 5.82 Å². The first-order chi connectivity index (χ1) is 8.72. The van der Waals surface area contributed by atoms with E-state index in [1.54, 1.807) is 0 Å². The van der Waals surface area contributed by atoms with Crippen molar-refractivity contribution in [3.8, 4) is 0 Å². The van der Waals surface area contributed by atoms with E-state index in [2.05, 4.69) is 29.5 Å². The van der Waals surface area contributed by atoms with E-state index < -0.39 is 0 Å². The summed E-state index contributed by atoms with van der Waals surface area (Å²) in [6.45, 7) is 9.66. The average Bonchev–Trinajstić information content (AvgIpc) is 2.72. The van der Waals surface area contributed by atoms with Crippen LogP contribution in [0.3, 0.4) is 0 Å². The molecule has 19 heavy (non-hydrogen) atoms. The minimum Gasteiger partial charge on any atom is -0.375 e. The Morgan fingerprint density at radius 1 is 1.32 bits per heavy atom. The van der Waals surface area contributed by atoms with E-state index in [0.29, 0.717) is 6.61 Å². The number of ether oxygens (including phenoxy) is 1. The molecule has 0 unspecified atom stereocenters. The molecule has 3 N–H and O–H groups in total. The number of nitrogens with zero attached hydrogens (tertiary/aromatic N) is 3.